The van der Waals surface area contributed by atoms with Gasteiger partial charge in [0.05, 0.1) is 22.8 Å². The first-order chi connectivity index (χ1) is 19.2. The number of rotatable bonds is 9. The molecule has 1 saturated heterocycles. The summed E-state index contributed by atoms with van der Waals surface area (Å²) in [5.74, 6) is 0.277. The average molecular weight is 585 g/mol. The number of nitrogens with zero attached hydrogens (tertiary/aromatic N) is 3. The van der Waals surface area contributed by atoms with E-state index in [1.54, 1.807) is 36.0 Å². The van der Waals surface area contributed by atoms with Crippen molar-refractivity contribution in [2.75, 3.05) is 30.3 Å². The Balaban J connectivity index is 1.24. The van der Waals surface area contributed by atoms with Crippen molar-refractivity contribution < 1.29 is 14.8 Å². The number of carbonyl (C=O) groups excluding carboxylic acids is 2. The van der Waals surface area contributed by atoms with E-state index >= 15 is 0 Å². The Hall–Kier alpha value is -3.70. The first kappa shape index (κ1) is 29.3. The van der Waals surface area contributed by atoms with Crippen LogP contribution in [0.15, 0.2) is 54.7 Å². The van der Waals surface area contributed by atoms with E-state index in [2.05, 4.69) is 32.4 Å². The van der Waals surface area contributed by atoms with Crippen molar-refractivity contribution in [2.45, 2.75) is 31.8 Å². The highest BCUT2D eigenvalue weighted by atomic mass is 35.5. The van der Waals surface area contributed by atoms with Crippen molar-refractivity contribution in [2.24, 2.45) is 0 Å². The number of nitrogen functional groups attached to an aromatic ring is 1. The van der Waals surface area contributed by atoms with Gasteiger partial charge in [0, 0.05) is 36.8 Å². The normalized spacial score (nSPS) is 14.8. The summed E-state index contributed by atoms with van der Waals surface area (Å²) in [5, 5.41) is 15.7. The predicted octanol–water partition coefficient (Wildman–Crippen LogP) is 3.82. The van der Waals surface area contributed by atoms with Gasteiger partial charge in [0.1, 0.15) is 11.5 Å². The van der Waals surface area contributed by atoms with Crippen molar-refractivity contribution in [3.63, 3.8) is 0 Å². The van der Waals surface area contributed by atoms with Gasteiger partial charge in [-0.1, -0.05) is 59.6 Å². The number of hydrogen-bond acceptors (Lipinski definition) is 8. The van der Waals surface area contributed by atoms with Crippen LogP contribution in [-0.4, -0.2) is 52.2 Å². The third-order valence-electron chi connectivity index (χ3n) is 6.87. The zero-order valence-corrected chi connectivity index (χ0v) is 23.5. The third kappa shape index (κ3) is 7.48. The van der Waals surface area contributed by atoms with Gasteiger partial charge in [-0.15, -0.1) is 0 Å². The molecule has 0 atom stereocenters. The van der Waals surface area contributed by atoms with Crippen molar-refractivity contribution in [1.82, 2.24) is 26.1 Å². The Kier molecular flexibility index (Phi) is 9.59. The van der Waals surface area contributed by atoms with Gasteiger partial charge >= 0.3 is 0 Å². The molecule has 210 valence electrons. The minimum Gasteiger partial charge on any atom is -0.382 e. The topological polar surface area (TPSA) is 146 Å². The Labute approximate surface area is 242 Å². The van der Waals surface area contributed by atoms with Crippen molar-refractivity contribution >= 4 is 52.7 Å². The van der Waals surface area contributed by atoms with Gasteiger partial charge in [-0.2, -0.15) is 0 Å². The number of aromatic nitrogens is 2. The highest BCUT2D eigenvalue weighted by Crippen LogP contribution is 2.35. The molecule has 0 aliphatic carbocycles. The Morgan fingerprint density at radius 1 is 1.15 bits per heavy atom. The van der Waals surface area contributed by atoms with Crippen LogP contribution in [0.2, 0.25) is 10.0 Å². The number of anilines is 2. The molecule has 6 N–H and O–H groups in total. The summed E-state index contributed by atoms with van der Waals surface area (Å²) < 4.78 is 0. The molecule has 1 aromatic heterocycles. The SMILES string of the molecule is CC1(NCC(=O)NCc2ccc(/C=C/C(=O)NO)cc2)CCN(c2cnc(-c3cccc(Cl)c3Cl)c(N)n2)CC1. The molecular formula is C28H31Cl2N7O3. The van der Waals surface area contributed by atoms with E-state index < -0.39 is 5.91 Å². The van der Waals surface area contributed by atoms with Gasteiger partial charge in [-0.3, -0.25) is 14.8 Å². The second-order valence-corrected chi connectivity index (χ2v) is 10.6. The molecule has 0 spiro atoms. The molecule has 1 fully saturated rings. The van der Waals surface area contributed by atoms with E-state index in [0.717, 1.165) is 37.1 Å². The molecule has 3 aromatic rings. The number of nitrogens with two attached hydrogens (primary N) is 1. The summed E-state index contributed by atoms with van der Waals surface area (Å²) in [6.07, 6.45) is 6.13. The first-order valence-corrected chi connectivity index (χ1v) is 13.5. The molecule has 10 nitrogen and oxygen atoms in total. The Morgan fingerprint density at radius 3 is 2.55 bits per heavy atom. The summed E-state index contributed by atoms with van der Waals surface area (Å²) >= 11 is 12.5. The van der Waals surface area contributed by atoms with Crippen LogP contribution in [0.25, 0.3) is 17.3 Å². The molecule has 1 aliphatic heterocycles. The van der Waals surface area contributed by atoms with E-state index in [-0.39, 0.29) is 23.8 Å². The zero-order chi connectivity index (χ0) is 28.7. The fourth-order valence-electron chi connectivity index (χ4n) is 4.36. The van der Waals surface area contributed by atoms with Crippen LogP contribution in [0, 0.1) is 0 Å². The molecule has 0 unspecified atom stereocenters. The quantitative estimate of drug-likeness (QED) is 0.145. The maximum atomic E-state index is 12.5. The lowest BCUT2D eigenvalue weighted by Gasteiger charge is -2.40. The molecule has 0 saturated carbocycles. The number of amides is 2. The van der Waals surface area contributed by atoms with Gasteiger partial charge in [0.2, 0.25) is 5.91 Å². The summed E-state index contributed by atoms with van der Waals surface area (Å²) in [6, 6.07) is 12.7. The van der Waals surface area contributed by atoms with Crippen LogP contribution < -0.4 is 26.7 Å². The fourth-order valence-corrected chi connectivity index (χ4v) is 4.75. The largest absolute Gasteiger partial charge is 0.382 e. The number of nitrogens with one attached hydrogen (secondary N) is 3. The molecule has 40 heavy (non-hydrogen) atoms. The maximum Gasteiger partial charge on any atom is 0.267 e. The van der Waals surface area contributed by atoms with Crippen LogP contribution in [-0.2, 0) is 16.1 Å². The molecule has 2 amide bonds. The van der Waals surface area contributed by atoms with E-state index in [4.69, 9.17) is 34.1 Å². The average Bonchev–Trinajstić information content (AvgIpc) is 2.96. The molecule has 0 bridgehead atoms. The second-order valence-electron chi connectivity index (χ2n) is 9.79. The van der Waals surface area contributed by atoms with Crippen LogP contribution in [0.3, 0.4) is 0 Å². The number of halogens is 2. The Bertz CT molecular complexity index is 1390. The zero-order valence-electron chi connectivity index (χ0n) is 22.0. The van der Waals surface area contributed by atoms with E-state index in [1.807, 2.05) is 24.3 Å². The molecule has 2 heterocycles. The summed E-state index contributed by atoms with van der Waals surface area (Å²) in [7, 11) is 0. The smallest absolute Gasteiger partial charge is 0.267 e. The van der Waals surface area contributed by atoms with Gasteiger partial charge in [-0.25, -0.2) is 15.4 Å². The molecule has 0 radical (unpaired) electrons. The van der Waals surface area contributed by atoms with Gasteiger partial charge in [-0.05, 0) is 43.0 Å². The van der Waals surface area contributed by atoms with Crippen molar-refractivity contribution in [3.05, 3.63) is 75.9 Å². The van der Waals surface area contributed by atoms with Crippen LogP contribution in [0.5, 0.6) is 0 Å². The standard InChI is InChI=1S/C28H31Cl2N7O3/c1-28(34-17-24(39)32-15-19-7-5-18(6-8-19)9-10-23(38)36-40)11-13-37(14-12-28)22-16-33-26(27(31)35-22)20-3-2-4-21(29)25(20)30/h2-10,16,34,40H,11-15,17H2,1H3,(H2,31,35)(H,32,39)(H,36,38)/b10-9+. The van der Waals surface area contributed by atoms with E-state index in [1.165, 1.54) is 6.08 Å². The third-order valence-corrected chi connectivity index (χ3v) is 7.69. The van der Waals surface area contributed by atoms with Gasteiger partial charge in [0.15, 0.2) is 5.82 Å². The second kappa shape index (κ2) is 13.1. The monoisotopic (exact) mass is 583 g/mol. The highest BCUT2D eigenvalue weighted by Gasteiger charge is 2.31. The van der Waals surface area contributed by atoms with E-state index in [0.29, 0.717) is 33.7 Å². The number of benzene rings is 2. The van der Waals surface area contributed by atoms with Gasteiger partial charge in [0.25, 0.3) is 5.91 Å². The Morgan fingerprint density at radius 2 is 1.88 bits per heavy atom. The minimum atomic E-state index is -0.601. The lowest BCUT2D eigenvalue weighted by molar-refractivity contribution is -0.124. The molecule has 12 heteroatoms. The molecule has 4 rings (SSSR count). The number of hydroxylamine groups is 1. The summed E-state index contributed by atoms with van der Waals surface area (Å²) in [4.78, 5) is 34.8. The van der Waals surface area contributed by atoms with Crippen LogP contribution in [0.1, 0.15) is 30.9 Å². The van der Waals surface area contributed by atoms with Crippen molar-refractivity contribution in [3.8, 4) is 11.3 Å². The van der Waals surface area contributed by atoms with Crippen LogP contribution >= 0.6 is 23.2 Å². The predicted molar refractivity (Wildman–Crippen MR) is 157 cm³/mol. The van der Waals surface area contributed by atoms with Crippen molar-refractivity contribution in [1.29, 1.82) is 0 Å². The highest BCUT2D eigenvalue weighted by molar-refractivity contribution is 6.43. The van der Waals surface area contributed by atoms with Gasteiger partial charge < -0.3 is 21.3 Å². The molecule has 1 aliphatic rings. The minimum absolute atomic E-state index is 0.0962. The lowest BCUT2D eigenvalue weighted by Crippen LogP contribution is -2.53. The number of piperidine rings is 1. The molecule has 2 aromatic carbocycles. The fraction of sp³-hybridized carbons (Fsp3) is 0.286. The first-order valence-electron chi connectivity index (χ1n) is 12.7. The number of carbonyl (C=O) groups is 2. The summed E-state index contributed by atoms with van der Waals surface area (Å²) in [6.45, 7) is 4.18. The molecular weight excluding hydrogens is 553 g/mol. The van der Waals surface area contributed by atoms with E-state index in [9.17, 15) is 9.59 Å². The number of hydrogen-bond donors (Lipinski definition) is 5. The summed E-state index contributed by atoms with van der Waals surface area (Å²) in [5.41, 5.74) is 10.4. The maximum absolute atomic E-state index is 12.5. The lowest BCUT2D eigenvalue weighted by atomic mass is 9.89. The van der Waals surface area contributed by atoms with Crippen LogP contribution in [0.4, 0.5) is 11.6 Å².